The fourth-order valence-electron chi connectivity index (χ4n) is 4.44. The molecule has 1 aromatic rings. The first kappa shape index (κ1) is 20.0. The van der Waals surface area contributed by atoms with E-state index in [9.17, 15) is 18.5 Å². The van der Waals surface area contributed by atoms with Gasteiger partial charge in [0.15, 0.2) is 0 Å². The van der Waals surface area contributed by atoms with Crippen LogP contribution in [0.4, 0.5) is 5.69 Å². The second-order valence-corrected chi connectivity index (χ2v) is 9.38. The molecule has 2 aliphatic rings. The zero-order valence-electron chi connectivity index (χ0n) is 16.0. The molecule has 2 saturated heterocycles. The van der Waals surface area contributed by atoms with Crippen molar-refractivity contribution in [3.8, 4) is 5.75 Å². The maximum Gasteiger partial charge on any atom is 0.273 e. The van der Waals surface area contributed by atoms with Crippen LogP contribution in [0.25, 0.3) is 0 Å². The molecule has 150 valence electrons. The predicted octanol–water partition coefficient (Wildman–Crippen LogP) is 2.63. The van der Waals surface area contributed by atoms with E-state index in [1.165, 1.54) is 29.6 Å². The molecular weight excluding hydrogens is 370 g/mol. The van der Waals surface area contributed by atoms with E-state index in [0.717, 1.165) is 25.7 Å². The van der Waals surface area contributed by atoms with E-state index in [4.69, 9.17) is 4.74 Å². The lowest BCUT2D eigenvalue weighted by atomic mass is 10.0. The summed E-state index contributed by atoms with van der Waals surface area (Å²) in [6.45, 7) is 5.30. The van der Waals surface area contributed by atoms with E-state index in [0.29, 0.717) is 25.2 Å². The van der Waals surface area contributed by atoms with Crippen LogP contribution in [0.1, 0.15) is 39.5 Å². The number of sulfonamides is 1. The summed E-state index contributed by atoms with van der Waals surface area (Å²) in [4.78, 5) is 12.8. The number of rotatable bonds is 5. The number of non-ortho nitro benzene ring substituents is 1. The van der Waals surface area contributed by atoms with Crippen molar-refractivity contribution >= 4 is 15.7 Å². The van der Waals surface area contributed by atoms with Gasteiger partial charge in [-0.15, -0.1) is 0 Å². The van der Waals surface area contributed by atoms with Crippen LogP contribution >= 0.6 is 0 Å². The van der Waals surface area contributed by atoms with Gasteiger partial charge in [0.05, 0.1) is 18.1 Å². The summed E-state index contributed by atoms with van der Waals surface area (Å²) in [7, 11) is -2.46. The van der Waals surface area contributed by atoms with Gasteiger partial charge < -0.3 is 4.74 Å². The molecular formula is C18H27N3O5S. The van der Waals surface area contributed by atoms with Gasteiger partial charge in [-0.1, -0.05) is 0 Å². The normalized spacial score (nSPS) is 27.6. The van der Waals surface area contributed by atoms with Crippen molar-refractivity contribution in [1.82, 2.24) is 9.21 Å². The third-order valence-electron chi connectivity index (χ3n) is 5.78. The fraction of sp³-hybridized carbons (Fsp3) is 0.667. The summed E-state index contributed by atoms with van der Waals surface area (Å²) in [5, 5.41) is 11.0. The number of piperidine rings is 1. The second-order valence-electron chi connectivity index (χ2n) is 7.47. The van der Waals surface area contributed by atoms with Crippen LogP contribution in [-0.4, -0.2) is 60.9 Å². The lowest BCUT2D eigenvalue weighted by Gasteiger charge is -2.41. The molecule has 9 heteroatoms. The molecule has 0 unspecified atom stereocenters. The number of benzene rings is 1. The number of hydrogen-bond acceptors (Lipinski definition) is 6. The van der Waals surface area contributed by atoms with Crippen LogP contribution in [0.15, 0.2) is 23.1 Å². The summed E-state index contributed by atoms with van der Waals surface area (Å²) in [6.07, 6.45) is 4.06. The molecule has 3 atom stereocenters. The molecule has 1 aromatic carbocycles. The van der Waals surface area contributed by atoms with Crippen LogP contribution in [0.2, 0.25) is 0 Å². The average Bonchev–Trinajstić information content (AvgIpc) is 2.99. The standard InChI is InChI=1S/C18H27N3O5S/c1-13-6-7-14(2)20(13)16-5-4-10-19(12-16)27(24,25)18-9-8-15(21(22)23)11-17(18)26-3/h8-9,11,13-14,16H,4-7,10,12H2,1-3H3/t13-,14-,16+/m1/s1. The minimum atomic E-state index is -3.79. The maximum atomic E-state index is 13.2. The second kappa shape index (κ2) is 7.73. The molecule has 0 spiro atoms. The number of methoxy groups -OCH3 is 1. The van der Waals surface area contributed by atoms with E-state index < -0.39 is 14.9 Å². The van der Waals surface area contributed by atoms with Gasteiger partial charge in [0, 0.05) is 37.3 Å². The summed E-state index contributed by atoms with van der Waals surface area (Å²) in [5.41, 5.74) is -0.193. The largest absolute Gasteiger partial charge is 0.495 e. The summed E-state index contributed by atoms with van der Waals surface area (Å²) in [6, 6.07) is 4.77. The lowest BCUT2D eigenvalue weighted by molar-refractivity contribution is -0.385. The van der Waals surface area contributed by atoms with Crippen molar-refractivity contribution in [3.63, 3.8) is 0 Å². The molecule has 2 heterocycles. The van der Waals surface area contributed by atoms with Gasteiger partial charge >= 0.3 is 0 Å². The molecule has 27 heavy (non-hydrogen) atoms. The monoisotopic (exact) mass is 397 g/mol. The molecule has 3 rings (SSSR count). The fourth-order valence-corrected chi connectivity index (χ4v) is 6.09. The average molecular weight is 397 g/mol. The third kappa shape index (κ3) is 3.81. The Bertz CT molecular complexity index is 803. The summed E-state index contributed by atoms with van der Waals surface area (Å²) < 4.78 is 33.1. The van der Waals surface area contributed by atoms with Crippen molar-refractivity contribution < 1.29 is 18.1 Å². The molecule has 0 amide bonds. The molecule has 0 N–H and O–H groups in total. The van der Waals surface area contributed by atoms with E-state index >= 15 is 0 Å². The van der Waals surface area contributed by atoms with Crippen LogP contribution < -0.4 is 4.74 Å². The highest BCUT2D eigenvalue weighted by Gasteiger charge is 2.39. The van der Waals surface area contributed by atoms with Crippen LogP contribution in [0.3, 0.4) is 0 Å². The van der Waals surface area contributed by atoms with Crippen molar-refractivity contribution in [2.24, 2.45) is 0 Å². The van der Waals surface area contributed by atoms with Crippen LogP contribution in [0, 0.1) is 10.1 Å². The Labute approximate surface area is 160 Å². The van der Waals surface area contributed by atoms with Gasteiger partial charge in [-0.25, -0.2) is 8.42 Å². The first-order chi connectivity index (χ1) is 12.8. The molecule has 8 nitrogen and oxygen atoms in total. The Kier molecular flexibility index (Phi) is 5.73. The number of hydrogen-bond donors (Lipinski definition) is 0. The molecule has 0 aromatic heterocycles. The SMILES string of the molecule is COc1cc([N+](=O)[O-])ccc1S(=O)(=O)N1CCC[C@H](N2[C@H](C)CC[C@H]2C)C1. The minimum absolute atomic E-state index is 0.00855. The molecule has 0 saturated carbocycles. The van der Waals surface area contributed by atoms with Gasteiger partial charge in [0.1, 0.15) is 10.6 Å². The first-order valence-electron chi connectivity index (χ1n) is 9.35. The molecule has 0 aliphatic carbocycles. The summed E-state index contributed by atoms with van der Waals surface area (Å²) in [5.74, 6) is 0.00855. The van der Waals surface area contributed by atoms with Crippen molar-refractivity contribution in [2.45, 2.75) is 62.6 Å². The van der Waals surface area contributed by atoms with Crippen molar-refractivity contribution in [1.29, 1.82) is 0 Å². The Morgan fingerprint density at radius 3 is 2.44 bits per heavy atom. The Balaban J connectivity index is 1.87. The van der Waals surface area contributed by atoms with Gasteiger partial charge in [0.2, 0.25) is 10.0 Å². The third-order valence-corrected chi connectivity index (χ3v) is 7.68. The number of nitro groups is 1. The smallest absolute Gasteiger partial charge is 0.273 e. The highest BCUT2D eigenvalue weighted by atomic mass is 32.2. The number of nitrogens with zero attached hydrogens (tertiary/aromatic N) is 3. The zero-order chi connectivity index (χ0) is 19.8. The highest BCUT2D eigenvalue weighted by Crippen LogP contribution is 2.34. The van der Waals surface area contributed by atoms with Crippen molar-refractivity contribution in [3.05, 3.63) is 28.3 Å². The van der Waals surface area contributed by atoms with E-state index in [1.54, 1.807) is 0 Å². The molecule has 0 bridgehead atoms. The first-order valence-corrected chi connectivity index (χ1v) is 10.8. The molecule has 2 aliphatic heterocycles. The van der Waals surface area contributed by atoms with Crippen LogP contribution in [0.5, 0.6) is 5.75 Å². The Morgan fingerprint density at radius 1 is 1.19 bits per heavy atom. The molecule has 0 radical (unpaired) electrons. The van der Waals surface area contributed by atoms with Crippen LogP contribution in [-0.2, 0) is 10.0 Å². The van der Waals surface area contributed by atoms with Gasteiger partial charge in [-0.05, 0) is 45.6 Å². The highest BCUT2D eigenvalue weighted by molar-refractivity contribution is 7.89. The van der Waals surface area contributed by atoms with E-state index in [1.807, 2.05) is 0 Å². The molecule has 2 fully saturated rings. The van der Waals surface area contributed by atoms with E-state index in [2.05, 4.69) is 18.7 Å². The lowest BCUT2D eigenvalue weighted by Crippen LogP contribution is -2.52. The number of ether oxygens (including phenoxy) is 1. The minimum Gasteiger partial charge on any atom is -0.495 e. The zero-order valence-corrected chi connectivity index (χ0v) is 16.8. The maximum absolute atomic E-state index is 13.2. The Morgan fingerprint density at radius 2 is 1.85 bits per heavy atom. The Hall–Kier alpha value is -1.71. The van der Waals surface area contributed by atoms with Crippen molar-refractivity contribution in [2.75, 3.05) is 20.2 Å². The number of likely N-dealkylation sites (tertiary alicyclic amines) is 1. The quantitative estimate of drug-likeness (QED) is 0.560. The predicted molar refractivity (Wildman–Crippen MR) is 101 cm³/mol. The van der Waals surface area contributed by atoms with Gasteiger partial charge in [-0.2, -0.15) is 4.31 Å². The summed E-state index contributed by atoms with van der Waals surface area (Å²) >= 11 is 0. The van der Waals surface area contributed by atoms with E-state index in [-0.39, 0.29) is 22.4 Å². The van der Waals surface area contributed by atoms with Gasteiger partial charge in [0.25, 0.3) is 5.69 Å². The van der Waals surface area contributed by atoms with Gasteiger partial charge in [-0.3, -0.25) is 15.0 Å². The topological polar surface area (TPSA) is 93.0 Å². The number of nitro benzene ring substituents is 1.